The van der Waals surface area contributed by atoms with Gasteiger partial charge in [0.15, 0.2) is 0 Å². The van der Waals surface area contributed by atoms with Crippen molar-refractivity contribution in [3.8, 4) is 0 Å². The molecule has 3 aliphatic carbocycles. The molecular weight excluding hydrogens is 156 g/mol. The van der Waals surface area contributed by atoms with Gasteiger partial charge in [0, 0.05) is 5.38 Å². The molecule has 0 aromatic rings. The molecule has 0 spiro atoms. The second kappa shape index (κ2) is 2.04. The molecule has 0 nitrogen and oxygen atoms in total. The Balaban J connectivity index is 2.03. The van der Waals surface area contributed by atoms with Crippen molar-refractivity contribution < 1.29 is 0 Å². The summed E-state index contributed by atoms with van der Waals surface area (Å²) >= 11 is 6.35. The van der Waals surface area contributed by atoms with Gasteiger partial charge in [-0.05, 0) is 42.9 Å². The highest BCUT2D eigenvalue weighted by Gasteiger charge is 2.46. The van der Waals surface area contributed by atoms with Gasteiger partial charge in [-0.1, -0.05) is 12.2 Å². The summed E-state index contributed by atoms with van der Waals surface area (Å²) in [6, 6.07) is 0. The molecule has 1 heteroatoms. The Kier molecular flexibility index (Phi) is 1.21. The summed E-state index contributed by atoms with van der Waals surface area (Å²) in [4.78, 5) is 0. The number of alkyl halides is 1. The average molecular weight is 169 g/mol. The van der Waals surface area contributed by atoms with Gasteiger partial charge in [-0.15, -0.1) is 11.6 Å². The lowest BCUT2D eigenvalue weighted by molar-refractivity contribution is 0.283. The molecule has 5 unspecified atom stereocenters. The Morgan fingerprint density at radius 2 is 1.64 bits per heavy atom. The van der Waals surface area contributed by atoms with Crippen LogP contribution in [0.5, 0.6) is 0 Å². The molecule has 0 N–H and O–H groups in total. The van der Waals surface area contributed by atoms with Crippen molar-refractivity contribution in [1.29, 1.82) is 0 Å². The Morgan fingerprint density at radius 3 is 2.55 bits per heavy atom. The standard InChI is InChI=1S/C10H13Cl/c11-10-7-2-1-6-3-9(10)5-8(6)4-7/h1-2,6-10H,3-5H2. The largest absolute Gasteiger partial charge is 0.122 e. The molecule has 0 amide bonds. The van der Waals surface area contributed by atoms with Gasteiger partial charge in [0.1, 0.15) is 0 Å². The minimum atomic E-state index is 0.468. The lowest BCUT2D eigenvalue weighted by Gasteiger charge is -2.33. The van der Waals surface area contributed by atoms with Crippen LogP contribution in [0.1, 0.15) is 19.3 Å². The van der Waals surface area contributed by atoms with Crippen LogP contribution in [0, 0.1) is 23.7 Å². The highest BCUT2D eigenvalue weighted by Crippen LogP contribution is 2.53. The van der Waals surface area contributed by atoms with E-state index in [4.69, 9.17) is 11.6 Å². The normalized spacial score (nSPS) is 58.8. The van der Waals surface area contributed by atoms with Crippen LogP contribution in [0.3, 0.4) is 0 Å². The zero-order valence-electron chi connectivity index (χ0n) is 6.54. The van der Waals surface area contributed by atoms with Crippen LogP contribution in [-0.4, -0.2) is 5.38 Å². The van der Waals surface area contributed by atoms with Gasteiger partial charge in [-0.3, -0.25) is 0 Å². The zero-order chi connectivity index (χ0) is 7.42. The maximum atomic E-state index is 6.35. The number of hydrogen-bond donors (Lipinski definition) is 0. The first-order chi connectivity index (χ1) is 5.34. The van der Waals surface area contributed by atoms with Gasteiger partial charge in [0.2, 0.25) is 0 Å². The van der Waals surface area contributed by atoms with Gasteiger partial charge in [0.25, 0.3) is 0 Å². The predicted octanol–water partition coefficient (Wildman–Crippen LogP) is 2.83. The second-order valence-electron chi connectivity index (χ2n) is 4.38. The molecule has 3 aliphatic rings. The third-order valence-electron chi connectivity index (χ3n) is 3.83. The molecule has 5 atom stereocenters. The topological polar surface area (TPSA) is 0 Å². The van der Waals surface area contributed by atoms with E-state index in [-0.39, 0.29) is 0 Å². The number of rotatable bonds is 0. The quantitative estimate of drug-likeness (QED) is 0.386. The SMILES string of the molecule is ClC1C2C=CC3CC1CC3C2. The highest BCUT2D eigenvalue weighted by molar-refractivity contribution is 6.21. The average Bonchev–Trinajstić information content (AvgIpc) is 2.33. The maximum absolute atomic E-state index is 6.35. The van der Waals surface area contributed by atoms with E-state index in [2.05, 4.69) is 12.2 Å². The summed E-state index contributed by atoms with van der Waals surface area (Å²) in [5.74, 6) is 3.48. The van der Waals surface area contributed by atoms with Crippen LogP contribution in [0.25, 0.3) is 0 Å². The molecule has 0 saturated heterocycles. The van der Waals surface area contributed by atoms with Crippen LogP contribution in [0.2, 0.25) is 0 Å². The van der Waals surface area contributed by atoms with Crippen LogP contribution >= 0.6 is 11.6 Å². The Morgan fingerprint density at radius 1 is 0.909 bits per heavy atom. The molecule has 0 radical (unpaired) electrons. The van der Waals surface area contributed by atoms with Crippen LogP contribution in [0.15, 0.2) is 12.2 Å². The summed E-state index contributed by atoms with van der Waals surface area (Å²) < 4.78 is 0. The monoisotopic (exact) mass is 168 g/mol. The number of halogens is 1. The molecule has 3 rings (SSSR count). The van der Waals surface area contributed by atoms with E-state index in [0.29, 0.717) is 5.38 Å². The fourth-order valence-electron chi connectivity index (χ4n) is 3.27. The molecule has 3 bridgehead atoms. The van der Waals surface area contributed by atoms with Crippen LogP contribution in [-0.2, 0) is 0 Å². The van der Waals surface area contributed by atoms with Gasteiger partial charge in [-0.25, -0.2) is 0 Å². The van der Waals surface area contributed by atoms with E-state index in [1.54, 1.807) is 0 Å². The van der Waals surface area contributed by atoms with Crippen molar-refractivity contribution in [2.24, 2.45) is 23.7 Å². The first-order valence-corrected chi connectivity index (χ1v) is 5.10. The second-order valence-corrected chi connectivity index (χ2v) is 4.89. The Hall–Kier alpha value is 0.0300. The van der Waals surface area contributed by atoms with E-state index in [1.807, 2.05) is 0 Å². The minimum absolute atomic E-state index is 0.468. The lowest BCUT2D eigenvalue weighted by Crippen LogP contribution is -2.28. The fourth-order valence-corrected chi connectivity index (χ4v) is 3.66. The smallest absolute Gasteiger partial charge is 0.0427 e. The van der Waals surface area contributed by atoms with Crippen molar-refractivity contribution in [3.05, 3.63) is 12.2 Å². The van der Waals surface area contributed by atoms with Crippen molar-refractivity contribution >= 4 is 11.6 Å². The van der Waals surface area contributed by atoms with Gasteiger partial charge in [0.05, 0.1) is 0 Å². The number of hydrogen-bond acceptors (Lipinski definition) is 0. The minimum Gasteiger partial charge on any atom is -0.122 e. The van der Waals surface area contributed by atoms with Gasteiger partial charge < -0.3 is 0 Å². The van der Waals surface area contributed by atoms with E-state index in [1.165, 1.54) is 19.3 Å². The predicted molar refractivity (Wildman–Crippen MR) is 46.6 cm³/mol. The van der Waals surface area contributed by atoms with E-state index in [0.717, 1.165) is 23.7 Å². The van der Waals surface area contributed by atoms with E-state index in [9.17, 15) is 0 Å². The summed E-state index contributed by atoms with van der Waals surface area (Å²) in [7, 11) is 0. The first kappa shape index (κ1) is 6.54. The van der Waals surface area contributed by atoms with E-state index < -0.39 is 0 Å². The van der Waals surface area contributed by atoms with Crippen molar-refractivity contribution in [1.82, 2.24) is 0 Å². The Labute approximate surface area is 72.6 Å². The molecule has 0 aliphatic heterocycles. The first-order valence-electron chi connectivity index (χ1n) is 4.67. The number of fused-ring (bicyclic) bond motifs is 2. The van der Waals surface area contributed by atoms with Crippen LogP contribution < -0.4 is 0 Å². The summed E-state index contributed by atoms with van der Waals surface area (Å²) in [5.41, 5.74) is 0. The van der Waals surface area contributed by atoms with Crippen molar-refractivity contribution in [2.75, 3.05) is 0 Å². The van der Waals surface area contributed by atoms with Crippen molar-refractivity contribution in [2.45, 2.75) is 24.6 Å². The van der Waals surface area contributed by atoms with Crippen molar-refractivity contribution in [3.63, 3.8) is 0 Å². The number of allylic oxidation sites excluding steroid dienone is 2. The fraction of sp³-hybridized carbons (Fsp3) is 0.800. The molecule has 0 heterocycles. The van der Waals surface area contributed by atoms with Gasteiger partial charge in [-0.2, -0.15) is 0 Å². The van der Waals surface area contributed by atoms with E-state index >= 15 is 0 Å². The molecule has 60 valence electrons. The van der Waals surface area contributed by atoms with Gasteiger partial charge >= 0.3 is 0 Å². The molecular formula is C10H13Cl. The highest BCUT2D eigenvalue weighted by atomic mass is 35.5. The third-order valence-corrected chi connectivity index (χ3v) is 4.51. The van der Waals surface area contributed by atoms with Crippen LogP contribution in [0.4, 0.5) is 0 Å². The maximum Gasteiger partial charge on any atom is 0.0427 e. The third kappa shape index (κ3) is 0.767. The lowest BCUT2D eigenvalue weighted by atomic mass is 9.76. The summed E-state index contributed by atoms with van der Waals surface area (Å²) in [5, 5.41) is 0.468. The molecule has 2 fully saturated rings. The molecule has 0 aromatic heterocycles. The summed E-state index contributed by atoms with van der Waals surface area (Å²) in [6.45, 7) is 0. The summed E-state index contributed by atoms with van der Waals surface area (Å²) in [6.07, 6.45) is 8.98. The molecule has 2 saturated carbocycles. The molecule has 11 heavy (non-hydrogen) atoms. The molecule has 0 aromatic carbocycles. The zero-order valence-corrected chi connectivity index (χ0v) is 7.30. The Bertz CT molecular complexity index is 209.